The summed E-state index contributed by atoms with van der Waals surface area (Å²) < 4.78 is 42.6. The van der Waals surface area contributed by atoms with Crippen molar-refractivity contribution in [1.29, 1.82) is 0 Å². The summed E-state index contributed by atoms with van der Waals surface area (Å²) in [6, 6.07) is 3.18. The number of halogens is 2. The van der Waals surface area contributed by atoms with Crippen LogP contribution in [-0.2, 0) is 19.6 Å². The zero-order chi connectivity index (χ0) is 16.9. The van der Waals surface area contributed by atoms with Crippen LogP contribution in [0.2, 0.25) is 5.02 Å². The van der Waals surface area contributed by atoms with Gasteiger partial charge in [-0.1, -0.05) is 11.6 Å². The molecule has 124 valence electrons. The number of carbonyl (C=O) groups excluding carboxylic acids is 1. The minimum absolute atomic E-state index is 0.114. The van der Waals surface area contributed by atoms with Crippen molar-refractivity contribution in [2.24, 2.45) is 0 Å². The Labute approximate surface area is 134 Å². The number of benzene rings is 1. The van der Waals surface area contributed by atoms with E-state index in [2.05, 4.69) is 5.32 Å². The van der Waals surface area contributed by atoms with E-state index in [1.807, 2.05) is 0 Å². The predicted octanol–water partition coefficient (Wildman–Crippen LogP) is 1.40. The van der Waals surface area contributed by atoms with E-state index in [0.29, 0.717) is 6.61 Å². The quantitative estimate of drug-likeness (QED) is 0.804. The zero-order valence-corrected chi connectivity index (χ0v) is 14.0. The number of hydrogen-bond acceptors (Lipinski definition) is 4. The molecular weight excluding hydrogens is 335 g/mol. The fraction of sp³-hybridized carbons (Fsp3) is 0.462. The summed E-state index contributed by atoms with van der Waals surface area (Å²) in [6.45, 7) is 1.59. The van der Waals surface area contributed by atoms with Gasteiger partial charge in [-0.15, -0.1) is 0 Å². The molecule has 9 heteroatoms. The van der Waals surface area contributed by atoms with E-state index in [1.54, 1.807) is 6.92 Å². The smallest absolute Gasteiger partial charge is 0.241 e. The average molecular weight is 353 g/mol. The summed E-state index contributed by atoms with van der Waals surface area (Å²) in [6.07, 6.45) is 0.954. The molecule has 1 aromatic rings. The molecular formula is C13H18ClFN2O4S. The Bertz CT molecular complexity index is 639. The number of anilines is 1. The first-order chi connectivity index (χ1) is 10.1. The van der Waals surface area contributed by atoms with Gasteiger partial charge in [0.2, 0.25) is 15.9 Å². The lowest BCUT2D eigenvalue weighted by molar-refractivity contribution is -0.120. The maximum atomic E-state index is 13.2. The minimum atomic E-state index is -3.73. The molecule has 0 bridgehead atoms. The SMILES string of the molecule is COC[C@H](C)NC(=O)CN(c1ccc(F)c(Cl)c1)S(C)(=O)=O. The number of rotatable bonds is 7. The molecule has 1 aromatic carbocycles. The highest BCUT2D eigenvalue weighted by atomic mass is 35.5. The van der Waals surface area contributed by atoms with E-state index in [0.717, 1.165) is 22.7 Å². The summed E-state index contributed by atoms with van der Waals surface area (Å²) in [5, 5.41) is 2.38. The normalized spacial score (nSPS) is 12.8. The second kappa shape index (κ2) is 7.75. The molecule has 6 nitrogen and oxygen atoms in total. The van der Waals surface area contributed by atoms with Gasteiger partial charge in [-0.05, 0) is 25.1 Å². The Morgan fingerprint density at radius 1 is 1.50 bits per heavy atom. The molecule has 0 saturated heterocycles. The van der Waals surface area contributed by atoms with E-state index in [9.17, 15) is 17.6 Å². The molecule has 22 heavy (non-hydrogen) atoms. The molecule has 0 aliphatic heterocycles. The second-order valence-electron chi connectivity index (χ2n) is 4.79. The van der Waals surface area contributed by atoms with E-state index < -0.39 is 28.3 Å². The molecule has 0 aliphatic rings. The standard InChI is InChI=1S/C13H18ClFN2O4S/c1-9(8-21-2)16-13(18)7-17(22(3,19)20)10-4-5-12(15)11(14)6-10/h4-6,9H,7-8H2,1-3H3,(H,16,18)/t9-/m0/s1. The van der Waals surface area contributed by atoms with Crippen LogP contribution in [0.25, 0.3) is 0 Å². The number of amides is 1. The van der Waals surface area contributed by atoms with Crippen molar-refractivity contribution in [3.05, 3.63) is 29.0 Å². The maximum absolute atomic E-state index is 13.2. The van der Waals surface area contributed by atoms with Crippen LogP contribution in [0.1, 0.15) is 6.92 Å². The van der Waals surface area contributed by atoms with Crippen LogP contribution in [-0.4, -0.2) is 46.9 Å². The Hall–Kier alpha value is -1.38. The topological polar surface area (TPSA) is 75.7 Å². The van der Waals surface area contributed by atoms with Gasteiger partial charge in [-0.3, -0.25) is 9.10 Å². The number of sulfonamides is 1. The summed E-state index contributed by atoms with van der Waals surface area (Å²) >= 11 is 5.66. The van der Waals surface area contributed by atoms with Gasteiger partial charge in [-0.25, -0.2) is 12.8 Å². The third kappa shape index (κ3) is 5.43. The number of hydrogen-bond donors (Lipinski definition) is 1. The van der Waals surface area contributed by atoms with Gasteiger partial charge in [0, 0.05) is 13.2 Å². The summed E-state index contributed by atoms with van der Waals surface area (Å²) in [7, 11) is -2.24. The number of methoxy groups -OCH3 is 1. The summed E-state index contributed by atoms with van der Waals surface area (Å²) in [4.78, 5) is 11.9. The lowest BCUT2D eigenvalue weighted by Crippen LogP contribution is -2.44. The third-order valence-electron chi connectivity index (χ3n) is 2.70. The van der Waals surface area contributed by atoms with E-state index >= 15 is 0 Å². The molecule has 0 spiro atoms. The highest BCUT2D eigenvalue weighted by Crippen LogP contribution is 2.24. The van der Waals surface area contributed by atoms with Crippen LogP contribution in [0.3, 0.4) is 0 Å². The van der Waals surface area contributed by atoms with Crippen molar-refractivity contribution < 1.29 is 22.3 Å². The molecule has 1 N–H and O–H groups in total. The van der Waals surface area contributed by atoms with Crippen molar-refractivity contribution in [3.8, 4) is 0 Å². The molecule has 0 aliphatic carbocycles. The number of carbonyl (C=O) groups is 1. The summed E-state index contributed by atoms with van der Waals surface area (Å²) in [5.41, 5.74) is 0.114. The zero-order valence-electron chi connectivity index (χ0n) is 12.5. The van der Waals surface area contributed by atoms with Crippen molar-refractivity contribution >= 4 is 33.2 Å². The van der Waals surface area contributed by atoms with Gasteiger partial charge >= 0.3 is 0 Å². The first-order valence-electron chi connectivity index (χ1n) is 6.36. The highest BCUT2D eigenvalue weighted by molar-refractivity contribution is 7.92. The van der Waals surface area contributed by atoms with Crippen molar-refractivity contribution in [1.82, 2.24) is 5.32 Å². The molecule has 0 aromatic heterocycles. The van der Waals surface area contributed by atoms with E-state index in [1.165, 1.54) is 13.2 Å². The summed E-state index contributed by atoms with van der Waals surface area (Å²) in [5.74, 6) is -1.17. The third-order valence-corrected chi connectivity index (χ3v) is 4.13. The Morgan fingerprint density at radius 2 is 2.14 bits per heavy atom. The maximum Gasteiger partial charge on any atom is 0.241 e. The molecule has 1 amide bonds. The molecule has 0 fully saturated rings. The Balaban J connectivity index is 2.95. The van der Waals surface area contributed by atoms with E-state index in [4.69, 9.17) is 16.3 Å². The van der Waals surface area contributed by atoms with Gasteiger partial charge < -0.3 is 10.1 Å². The van der Waals surface area contributed by atoms with Crippen molar-refractivity contribution in [2.75, 3.05) is 30.8 Å². The van der Waals surface area contributed by atoms with E-state index in [-0.39, 0.29) is 16.8 Å². The number of nitrogens with zero attached hydrogens (tertiary/aromatic N) is 1. The molecule has 0 saturated carbocycles. The first kappa shape index (κ1) is 18.7. The predicted molar refractivity (Wildman–Crippen MR) is 83.1 cm³/mol. The average Bonchev–Trinajstić information content (AvgIpc) is 2.38. The number of nitrogens with one attached hydrogen (secondary N) is 1. The second-order valence-corrected chi connectivity index (χ2v) is 7.11. The van der Waals surface area contributed by atoms with Gasteiger partial charge in [-0.2, -0.15) is 0 Å². The van der Waals surface area contributed by atoms with Crippen LogP contribution in [0.5, 0.6) is 0 Å². The molecule has 0 unspecified atom stereocenters. The first-order valence-corrected chi connectivity index (χ1v) is 8.59. The van der Waals surface area contributed by atoms with Crippen molar-refractivity contribution in [2.45, 2.75) is 13.0 Å². The lowest BCUT2D eigenvalue weighted by Gasteiger charge is -2.23. The molecule has 0 radical (unpaired) electrons. The van der Waals surface area contributed by atoms with Crippen LogP contribution in [0.4, 0.5) is 10.1 Å². The van der Waals surface area contributed by atoms with Crippen LogP contribution in [0, 0.1) is 5.82 Å². The largest absolute Gasteiger partial charge is 0.383 e. The van der Waals surface area contributed by atoms with Gasteiger partial charge in [0.25, 0.3) is 0 Å². The van der Waals surface area contributed by atoms with Crippen LogP contribution < -0.4 is 9.62 Å². The fourth-order valence-corrected chi connectivity index (χ4v) is 2.81. The lowest BCUT2D eigenvalue weighted by atomic mass is 10.3. The van der Waals surface area contributed by atoms with Gasteiger partial charge in [0.15, 0.2) is 0 Å². The number of ether oxygens (including phenoxy) is 1. The van der Waals surface area contributed by atoms with Gasteiger partial charge in [0.1, 0.15) is 12.4 Å². The van der Waals surface area contributed by atoms with Gasteiger partial charge in [0.05, 0.1) is 23.6 Å². The monoisotopic (exact) mass is 352 g/mol. The fourth-order valence-electron chi connectivity index (χ4n) is 1.78. The van der Waals surface area contributed by atoms with Crippen LogP contribution in [0.15, 0.2) is 18.2 Å². The minimum Gasteiger partial charge on any atom is -0.383 e. The highest BCUT2D eigenvalue weighted by Gasteiger charge is 2.22. The van der Waals surface area contributed by atoms with Crippen molar-refractivity contribution in [3.63, 3.8) is 0 Å². The van der Waals surface area contributed by atoms with Crippen LogP contribution >= 0.6 is 11.6 Å². The molecule has 0 heterocycles. The molecule has 1 rings (SSSR count). The Morgan fingerprint density at radius 3 is 2.64 bits per heavy atom. The molecule has 1 atom stereocenters. The Kier molecular flexibility index (Phi) is 6.58.